The molecule has 0 aromatic carbocycles. The lowest BCUT2D eigenvalue weighted by atomic mass is 10.4. The van der Waals surface area contributed by atoms with Gasteiger partial charge in [0.05, 0.1) is 0 Å². The first kappa shape index (κ1) is 6.60. The Hall–Kier alpha value is -1.10. The van der Waals surface area contributed by atoms with Gasteiger partial charge in [0.1, 0.15) is 5.52 Å². The summed E-state index contributed by atoms with van der Waals surface area (Å²) in [4.78, 5) is 19.9. The molecule has 0 aliphatic carbocycles. The molecular weight excluding hydrogens is 210 g/mol. The summed E-state index contributed by atoms with van der Waals surface area (Å²) >= 11 is 3.28. The second-order valence-corrected chi connectivity index (χ2v) is 2.95. The topological polar surface area (TPSA) is 61.5 Å². The molecule has 4 nitrogen and oxygen atoms in total. The lowest BCUT2D eigenvalue weighted by Gasteiger charge is -1.88. The molecule has 0 amide bonds. The highest BCUT2D eigenvalue weighted by Gasteiger charge is 2.00. The fourth-order valence-corrected chi connectivity index (χ4v) is 1.31. The molecule has 0 saturated carbocycles. The van der Waals surface area contributed by atoms with Crippen LogP contribution in [0.1, 0.15) is 0 Å². The summed E-state index contributed by atoms with van der Waals surface area (Å²) < 4.78 is 0.834. The maximum absolute atomic E-state index is 10.8. The number of imidazole rings is 1. The molecular formula is C6H4BrN3O. The third-order valence-electron chi connectivity index (χ3n) is 1.37. The standard InChI is InChI=1S/C6H4BrN3O/c7-3-1-2-8-5-4(3)9-6(11)10-5/h1-2H,(H2,8,9,10,11). The second-order valence-electron chi connectivity index (χ2n) is 2.10. The Labute approximate surface area is 69.8 Å². The van der Waals surface area contributed by atoms with Crippen molar-refractivity contribution in [3.8, 4) is 0 Å². The first-order valence-corrected chi connectivity index (χ1v) is 3.79. The van der Waals surface area contributed by atoms with E-state index in [0.29, 0.717) is 11.2 Å². The zero-order chi connectivity index (χ0) is 7.84. The van der Waals surface area contributed by atoms with Crippen molar-refractivity contribution >= 4 is 27.1 Å². The molecule has 0 atom stereocenters. The minimum absolute atomic E-state index is 0.237. The molecule has 2 N–H and O–H groups in total. The maximum Gasteiger partial charge on any atom is 0.325 e. The largest absolute Gasteiger partial charge is 0.325 e. The predicted octanol–water partition coefficient (Wildman–Crippen LogP) is 1.01. The van der Waals surface area contributed by atoms with Crippen molar-refractivity contribution in [2.24, 2.45) is 0 Å². The van der Waals surface area contributed by atoms with Crippen molar-refractivity contribution in [2.75, 3.05) is 0 Å². The number of halogens is 1. The molecule has 0 aliphatic rings. The van der Waals surface area contributed by atoms with E-state index >= 15 is 0 Å². The van der Waals surface area contributed by atoms with Crippen molar-refractivity contribution in [3.63, 3.8) is 0 Å². The van der Waals surface area contributed by atoms with E-state index in [0.717, 1.165) is 4.47 Å². The lowest BCUT2D eigenvalue weighted by molar-refractivity contribution is 1.20. The Bertz CT molecular complexity index is 444. The molecule has 2 heterocycles. The summed E-state index contributed by atoms with van der Waals surface area (Å²) in [5.74, 6) is 0. The number of nitrogens with one attached hydrogen (secondary N) is 2. The van der Waals surface area contributed by atoms with Crippen LogP contribution in [0.5, 0.6) is 0 Å². The monoisotopic (exact) mass is 213 g/mol. The number of rotatable bonds is 0. The van der Waals surface area contributed by atoms with Crippen LogP contribution in [0.15, 0.2) is 21.5 Å². The van der Waals surface area contributed by atoms with Gasteiger partial charge in [-0.3, -0.25) is 4.98 Å². The number of hydrogen-bond donors (Lipinski definition) is 2. The molecule has 2 aromatic heterocycles. The van der Waals surface area contributed by atoms with E-state index in [1.54, 1.807) is 12.3 Å². The first-order chi connectivity index (χ1) is 5.27. The molecule has 0 saturated heterocycles. The zero-order valence-electron chi connectivity index (χ0n) is 5.39. The molecule has 5 heteroatoms. The van der Waals surface area contributed by atoms with Gasteiger partial charge in [0, 0.05) is 10.7 Å². The van der Waals surface area contributed by atoms with Gasteiger partial charge in [-0.05, 0) is 22.0 Å². The Morgan fingerprint density at radius 3 is 3.00 bits per heavy atom. The number of fused-ring (bicyclic) bond motifs is 1. The first-order valence-electron chi connectivity index (χ1n) is 3.00. The fourth-order valence-electron chi connectivity index (χ4n) is 0.904. The fraction of sp³-hybridized carbons (Fsp3) is 0. The zero-order valence-corrected chi connectivity index (χ0v) is 6.97. The van der Waals surface area contributed by atoms with Gasteiger partial charge >= 0.3 is 5.69 Å². The van der Waals surface area contributed by atoms with Crippen LogP contribution in [-0.4, -0.2) is 15.0 Å². The highest BCUT2D eigenvalue weighted by Crippen LogP contribution is 2.16. The van der Waals surface area contributed by atoms with Crippen molar-refractivity contribution < 1.29 is 0 Å². The van der Waals surface area contributed by atoms with Crippen molar-refractivity contribution in [2.45, 2.75) is 0 Å². The molecule has 2 aromatic rings. The van der Waals surface area contributed by atoms with Gasteiger partial charge in [-0.15, -0.1) is 0 Å². The number of aromatic nitrogens is 3. The number of hydrogen-bond acceptors (Lipinski definition) is 2. The molecule has 2 rings (SSSR count). The third kappa shape index (κ3) is 0.970. The van der Waals surface area contributed by atoms with Crippen LogP contribution in [0.3, 0.4) is 0 Å². The van der Waals surface area contributed by atoms with E-state index < -0.39 is 0 Å². The highest BCUT2D eigenvalue weighted by molar-refractivity contribution is 9.10. The van der Waals surface area contributed by atoms with Gasteiger partial charge in [0.2, 0.25) is 0 Å². The molecule has 11 heavy (non-hydrogen) atoms. The van der Waals surface area contributed by atoms with Crippen LogP contribution < -0.4 is 5.69 Å². The van der Waals surface area contributed by atoms with Crippen LogP contribution in [-0.2, 0) is 0 Å². The van der Waals surface area contributed by atoms with E-state index in [1.165, 1.54) is 0 Å². The summed E-state index contributed by atoms with van der Waals surface area (Å²) in [6.45, 7) is 0. The smallest absolute Gasteiger partial charge is 0.303 e. The minimum Gasteiger partial charge on any atom is -0.303 e. The van der Waals surface area contributed by atoms with Gasteiger partial charge in [-0.2, -0.15) is 0 Å². The van der Waals surface area contributed by atoms with Crippen molar-refractivity contribution in [1.29, 1.82) is 0 Å². The van der Waals surface area contributed by atoms with Gasteiger partial charge in [-0.25, -0.2) is 9.78 Å². The van der Waals surface area contributed by atoms with Crippen molar-refractivity contribution in [1.82, 2.24) is 15.0 Å². The van der Waals surface area contributed by atoms with Crippen LogP contribution in [0.2, 0.25) is 0 Å². The normalized spacial score (nSPS) is 10.6. The van der Waals surface area contributed by atoms with Gasteiger partial charge in [-0.1, -0.05) is 0 Å². The molecule has 0 radical (unpaired) electrons. The maximum atomic E-state index is 10.8. The Morgan fingerprint density at radius 2 is 2.27 bits per heavy atom. The predicted molar refractivity (Wildman–Crippen MR) is 44.4 cm³/mol. The summed E-state index contributed by atoms with van der Waals surface area (Å²) in [5.41, 5.74) is 1.04. The SMILES string of the molecule is O=c1[nH]c2nccc(Br)c2[nH]1. The van der Waals surface area contributed by atoms with Crippen LogP contribution in [0.25, 0.3) is 11.2 Å². The summed E-state index contributed by atoms with van der Waals surface area (Å²) in [7, 11) is 0. The van der Waals surface area contributed by atoms with Gasteiger partial charge in [0.15, 0.2) is 5.65 Å². The minimum atomic E-state index is -0.237. The molecule has 0 spiro atoms. The van der Waals surface area contributed by atoms with E-state index in [-0.39, 0.29) is 5.69 Å². The second kappa shape index (κ2) is 2.20. The Kier molecular flexibility index (Phi) is 1.32. The Balaban J connectivity index is 3.01. The third-order valence-corrected chi connectivity index (χ3v) is 2.03. The summed E-state index contributed by atoms with van der Waals surface area (Å²) in [6, 6.07) is 1.77. The van der Waals surface area contributed by atoms with Gasteiger partial charge in [0.25, 0.3) is 0 Å². The average Bonchev–Trinajstić information content (AvgIpc) is 2.31. The molecule has 0 fully saturated rings. The van der Waals surface area contributed by atoms with E-state index in [9.17, 15) is 4.79 Å². The summed E-state index contributed by atoms with van der Waals surface area (Å²) in [5, 5.41) is 0. The molecule has 0 unspecified atom stereocenters. The Morgan fingerprint density at radius 1 is 1.45 bits per heavy atom. The van der Waals surface area contributed by atoms with Crippen LogP contribution in [0, 0.1) is 0 Å². The quantitative estimate of drug-likeness (QED) is 0.687. The highest BCUT2D eigenvalue weighted by atomic mass is 79.9. The molecule has 0 aliphatic heterocycles. The van der Waals surface area contributed by atoms with E-state index in [4.69, 9.17) is 0 Å². The molecule has 0 bridgehead atoms. The van der Waals surface area contributed by atoms with Crippen LogP contribution >= 0.6 is 15.9 Å². The van der Waals surface area contributed by atoms with Gasteiger partial charge < -0.3 is 4.98 Å². The van der Waals surface area contributed by atoms with E-state index in [1.807, 2.05) is 0 Å². The number of H-pyrrole nitrogens is 2. The van der Waals surface area contributed by atoms with Crippen LogP contribution in [0.4, 0.5) is 0 Å². The average molecular weight is 214 g/mol. The number of pyridine rings is 1. The summed E-state index contributed by atoms with van der Waals surface area (Å²) in [6.07, 6.45) is 1.62. The lowest BCUT2D eigenvalue weighted by Crippen LogP contribution is -1.99. The molecule has 56 valence electrons. The number of nitrogens with zero attached hydrogens (tertiary/aromatic N) is 1. The van der Waals surface area contributed by atoms with E-state index in [2.05, 4.69) is 30.9 Å². The van der Waals surface area contributed by atoms with Crippen molar-refractivity contribution in [3.05, 3.63) is 27.2 Å². The number of aromatic amines is 2.